The van der Waals surface area contributed by atoms with E-state index in [0.717, 1.165) is 25.7 Å². The van der Waals surface area contributed by atoms with E-state index in [4.69, 9.17) is 0 Å². The number of halogens is 1. The summed E-state index contributed by atoms with van der Waals surface area (Å²) in [6.07, 6.45) is 8.20. The van der Waals surface area contributed by atoms with Crippen molar-refractivity contribution in [2.75, 3.05) is 23.8 Å². The van der Waals surface area contributed by atoms with Crippen molar-refractivity contribution in [1.29, 1.82) is 0 Å². The number of carbonyl (C=O) groups is 2. The van der Waals surface area contributed by atoms with E-state index in [1.807, 2.05) is 16.8 Å². The molecule has 1 atom stereocenters. The maximum absolute atomic E-state index is 14.7. The van der Waals surface area contributed by atoms with E-state index in [9.17, 15) is 14.0 Å². The third-order valence-electron chi connectivity index (χ3n) is 6.23. The molecule has 1 aromatic carbocycles. The zero-order chi connectivity index (χ0) is 19.0. The van der Waals surface area contributed by atoms with Crippen molar-refractivity contribution in [3.8, 4) is 0 Å². The highest BCUT2D eigenvalue weighted by molar-refractivity contribution is 5.97. The minimum Gasteiger partial charge on any atom is -0.369 e. The summed E-state index contributed by atoms with van der Waals surface area (Å²) in [4.78, 5) is 28.4. The molecule has 3 aliphatic rings. The summed E-state index contributed by atoms with van der Waals surface area (Å²) in [7, 11) is 1.95. The van der Waals surface area contributed by atoms with Gasteiger partial charge in [0.15, 0.2) is 0 Å². The van der Waals surface area contributed by atoms with Crippen LogP contribution >= 0.6 is 0 Å². The molecule has 27 heavy (non-hydrogen) atoms. The predicted octanol–water partition coefficient (Wildman–Crippen LogP) is 3.54. The van der Waals surface area contributed by atoms with E-state index < -0.39 is 0 Å². The number of nitrogens with one attached hydrogen (secondary N) is 1. The second-order valence-corrected chi connectivity index (χ2v) is 8.24. The quantitative estimate of drug-likeness (QED) is 0.859. The first kappa shape index (κ1) is 18.3. The number of anilines is 2. The lowest BCUT2D eigenvalue weighted by atomic mass is 9.94. The minimum absolute atomic E-state index is 0.0632. The number of benzene rings is 1. The van der Waals surface area contributed by atoms with Gasteiger partial charge >= 0.3 is 0 Å². The average Bonchev–Trinajstić information content (AvgIpc) is 3.43. The Kier molecular flexibility index (Phi) is 5.06. The molecule has 1 aliphatic heterocycles. The zero-order valence-corrected chi connectivity index (χ0v) is 15.9. The molecule has 1 aromatic rings. The fraction of sp³-hybridized carbons (Fsp3) is 0.619. The molecular formula is C21H28FN3O2. The first-order valence-electron chi connectivity index (χ1n) is 10.2. The van der Waals surface area contributed by atoms with Gasteiger partial charge in [0.2, 0.25) is 11.8 Å². The predicted molar refractivity (Wildman–Crippen MR) is 103 cm³/mol. The summed E-state index contributed by atoms with van der Waals surface area (Å²) in [6.45, 7) is 0.486. The van der Waals surface area contributed by atoms with E-state index in [1.54, 1.807) is 12.1 Å². The molecule has 0 aromatic heterocycles. The number of carbonyl (C=O) groups excluding carboxylic acids is 2. The summed E-state index contributed by atoms with van der Waals surface area (Å²) in [5.74, 6) is -0.790. The zero-order valence-electron chi connectivity index (χ0n) is 15.9. The molecule has 0 bridgehead atoms. The van der Waals surface area contributed by atoms with Crippen molar-refractivity contribution in [1.82, 2.24) is 4.90 Å². The van der Waals surface area contributed by atoms with E-state index in [2.05, 4.69) is 5.32 Å². The summed E-state index contributed by atoms with van der Waals surface area (Å²) in [5.41, 5.74) is 1.03. The summed E-state index contributed by atoms with van der Waals surface area (Å²) in [5, 5.41) is 2.79. The van der Waals surface area contributed by atoms with Crippen molar-refractivity contribution in [3.63, 3.8) is 0 Å². The van der Waals surface area contributed by atoms with Crippen molar-refractivity contribution < 1.29 is 14.0 Å². The first-order chi connectivity index (χ1) is 13.0. The average molecular weight is 373 g/mol. The Morgan fingerprint density at radius 1 is 1.19 bits per heavy atom. The molecule has 0 spiro atoms. The van der Waals surface area contributed by atoms with Crippen LogP contribution in [-0.2, 0) is 9.59 Å². The van der Waals surface area contributed by atoms with Gasteiger partial charge in [-0.3, -0.25) is 9.59 Å². The molecule has 4 rings (SSSR count). The van der Waals surface area contributed by atoms with Crippen LogP contribution in [0.15, 0.2) is 18.2 Å². The van der Waals surface area contributed by atoms with Crippen molar-refractivity contribution in [2.24, 2.45) is 5.92 Å². The van der Waals surface area contributed by atoms with Gasteiger partial charge in [-0.15, -0.1) is 0 Å². The van der Waals surface area contributed by atoms with E-state index in [1.165, 1.54) is 25.3 Å². The molecule has 2 amide bonds. The van der Waals surface area contributed by atoms with E-state index >= 15 is 0 Å². The Hall–Kier alpha value is -2.11. The molecular weight excluding hydrogens is 345 g/mol. The van der Waals surface area contributed by atoms with Gasteiger partial charge in [-0.2, -0.15) is 0 Å². The highest BCUT2D eigenvalue weighted by atomic mass is 19.1. The Morgan fingerprint density at radius 2 is 1.93 bits per heavy atom. The largest absolute Gasteiger partial charge is 0.369 e. The number of rotatable bonds is 5. The number of hydrogen-bond acceptors (Lipinski definition) is 3. The molecule has 3 fully saturated rings. The standard InChI is InChI=1S/C21H28FN3O2/c1-24(16-5-3-2-4-6-16)19-10-7-15(12-18(19)22)23-21(27)14-11-20(26)25(13-14)17-8-9-17/h7,10,12,14,16-17H,2-6,8-9,11,13H2,1H3,(H,23,27)/t14-/m1/s1. The van der Waals surface area contributed by atoms with Gasteiger partial charge in [0.1, 0.15) is 5.82 Å². The van der Waals surface area contributed by atoms with Crippen LogP contribution in [0.25, 0.3) is 0 Å². The fourth-order valence-electron chi connectivity index (χ4n) is 4.43. The normalized spacial score (nSPS) is 23.6. The van der Waals surface area contributed by atoms with Gasteiger partial charge in [0.05, 0.1) is 11.6 Å². The van der Waals surface area contributed by atoms with Crippen molar-refractivity contribution >= 4 is 23.2 Å². The van der Waals surface area contributed by atoms with Crippen molar-refractivity contribution in [3.05, 3.63) is 24.0 Å². The highest BCUT2D eigenvalue weighted by Gasteiger charge is 2.41. The summed E-state index contributed by atoms with van der Waals surface area (Å²) in [6, 6.07) is 5.61. The van der Waals surface area contributed by atoms with Gasteiger partial charge in [-0.05, 0) is 43.9 Å². The molecule has 1 N–H and O–H groups in total. The van der Waals surface area contributed by atoms with Gasteiger partial charge in [0.25, 0.3) is 0 Å². The molecule has 146 valence electrons. The number of likely N-dealkylation sites (tertiary alicyclic amines) is 1. The smallest absolute Gasteiger partial charge is 0.229 e. The molecule has 2 aliphatic carbocycles. The molecule has 6 heteroatoms. The van der Waals surface area contributed by atoms with Crippen LogP contribution in [0.4, 0.5) is 15.8 Å². The maximum atomic E-state index is 14.7. The molecule has 1 saturated heterocycles. The lowest BCUT2D eigenvalue weighted by molar-refractivity contribution is -0.128. The van der Waals surface area contributed by atoms with Crippen LogP contribution in [0.3, 0.4) is 0 Å². The third kappa shape index (κ3) is 3.94. The number of nitrogens with zero attached hydrogens (tertiary/aromatic N) is 2. The Labute approximate surface area is 159 Å². The van der Waals surface area contributed by atoms with Gasteiger partial charge in [0, 0.05) is 37.8 Å². The molecule has 0 unspecified atom stereocenters. The van der Waals surface area contributed by atoms with Crippen LogP contribution in [0, 0.1) is 11.7 Å². The molecule has 5 nitrogen and oxygen atoms in total. The topological polar surface area (TPSA) is 52.7 Å². The minimum atomic E-state index is -0.342. The Balaban J connectivity index is 1.38. The maximum Gasteiger partial charge on any atom is 0.229 e. The Bertz CT molecular complexity index is 728. The van der Waals surface area contributed by atoms with Gasteiger partial charge < -0.3 is 15.1 Å². The number of hydrogen-bond donors (Lipinski definition) is 1. The number of amides is 2. The second kappa shape index (κ2) is 7.49. The summed E-state index contributed by atoms with van der Waals surface area (Å²) >= 11 is 0. The van der Waals surface area contributed by atoms with Gasteiger partial charge in [-0.1, -0.05) is 19.3 Å². The lowest BCUT2D eigenvalue weighted by Crippen LogP contribution is -2.34. The first-order valence-corrected chi connectivity index (χ1v) is 10.2. The third-order valence-corrected chi connectivity index (χ3v) is 6.23. The SMILES string of the molecule is CN(c1ccc(NC(=O)[C@@H]2CC(=O)N(C3CC3)C2)cc1F)C1CCCCC1. The van der Waals surface area contributed by atoms with E-state index in [0.29, 0.717) is 30.0 Å². The van der Waals surface area contributed by atoms with E-state index in [-0.39, 0.29) is 30.0 Å². The monoisotopic (exact) mass is 373 g/mol. The molecule has 1 heterocycles. The second-order valence-electron chi connectivity index (χ2n) is 8.24. The summed E-state index contributed by atoms with van der Waals surface area (Å²) < 4.78 is 14.7. The lowest BCUT2D eigenvalue weighted by Gasteiger charge is -2.33. The van der Waals surface area contributed by atoms with Crippen LogP contribution in [0.2, 0.25) is 0 Å². The Morgan fingerprint density at radius 3 is 2.59 bits per heavy atom. The van der Waals surface area contributed by atoms with Crippen molar-refractivity contribution in [2.45, 2.75) is 63.5 Å². The molecule has 2 saturated carbocycles. The van der Waals surface area contributed by atoms with Gasteiger partial charge in [-0.25, -0.2) is 4.39 Å². The van der Waals surface area contributed by atoms with Crippen LogP contribution in [-0.4, -0.2) is 42.4 Å². The highest BCUT2D eigenvalue weighted by Crippen LogP contribution is 2.33. The fourth-order valence-corrected chi connectivity index (χ4v) is 4.43. The van der Waals surface area contributed by atoms with Crippen LogP contribution in [0.5, 0.6) is 0 Å². The van der Waals surface area contributed by atoms with Crippen LogP contribution in [0.1, 0.15) is 51.4 Å². The van der Waals surface area contributed by atoms with Crippen LogP contribution < -0.4 is 10.2 Å². The molecule has 0 radical (unpaired) electrons.